The maximum Gasteiger partial charge on any atom is 0.303 e. The van der Waals surface area contributed by atoms with Crippen molar-refractivity contribution in [3.63, 3.8) is 0 Å². The molecule has 1 N–H and O–H groups in total. The molecule has 2 aromatic rings. The fraction of sp³-hybridized carbons (Fsp3) is 0.267. The van der Waals surface area contributed by atoms with Crippen molar-refractivity contribution in [3.8, 4) is 0 Å². The van der Waals surface area contributed by atoms with Crippen LogP contribution in [0, 0.1) is 6.92 Å². The van der Waals surface area contributed by atoms with E-state index in [-0.39, 0.29) is 6.42 Å². The van der Waals surface area contributed by atoms with Gasteiger partial charge in [-0.2, -0.15) is 0 Å². The summed E-state index contributed by atoms with van der Waals surface area (Å²) in [6, 6.07) is 8.58. The minimum Gasteiger partial charge on any atom is -0.481 e. The number of carboxylic acids is 1. The Morgan fingerprint density at radius 2 is 2.05 bits per heavy atom. The van der Waals surface area contributed by atoms with Crippen molar-refractivity contribution in [3.05, 3.63) is 46.8 Å². The second-order valence-corrected chi connectivity index (χ2v) is 8.09. The standard InChI is InChI=1S/C15H17NO4S2/c1-11-8-15(21-10-11)22(19,20)16(2)13-5-3-4-12(9-13)6-7-14(17)18/h3-5,8-10H,6-7H2,1-2H3,(H,17,18). The summed E-state index contributed by atoms with van der Waals surface area (Å²) in [5.74, 6) is -0.875. The molecule has 0 aliphatic rings. The van der Waals surface area contributed by atoms with Gasteiger partial charge in [0.15, 0.2) is 0 Å². The Kier molecular flexibility index (Phi) is 4.87. The highest BCUT2D eigenvalue weighted by molar-refractivity contribution is 7.94. The minimum atomic E-state index is -3.58. The molecule has 5 nitrogen and oxygen atoms in total. The number of sulfonamides is 1. The number of carboxylic acid groups (broad SMARTS) is 1. The van der Waals surface area contributed by atoms with E-state index in [1.807, 2.05) is 6.92 Å². The summed E-state index contributed by atoms with van der Waals surface area (Å²) in [7, 11) is -2.08. The first kappa shape index (κ1) is 16.5. The Morgan fingerprint density at radius 3 is 2.64 bits per heavy atom. The first-order chi connectivity index (χ1) is 10.3. The largest absolute Gasteiger partial charge is 0.481 e. The molecular formula is C15H17NO4S2. The van der Waals surface area contributed by atoms with Crippen molar-refractivity contribution < 1.29 is 18.3 Å². The van der Waals surface area contributed by atoms with E-state index in [2.05, 4.69) is 0 Å². The summed E-state index contributed by atoms with van der Waals surface area (Å²) < 4.78 is 26.7. The Morgan fingerprint density at radius 1 is 1.32 bits per heavy atom. The Bertz CT molecular complexity index is 780. The van der Waals surface area contributed by atoms with Crippen LogP contribution in [0.1, 0.15) is 17.5 Å². The maximum atomic E-state index is 12.6. The summed E-state index contributed by atoms with van der Waals surface area (Å²) in [6.07, 6.45) is 0.388. The molecule has 0 aliphatic carbocycles. The fourth-order valence-corrected chi connectivity index (χ4v) is 4.56. The molecule has 0 saturated heterocycles. The zero-order chi connectivity index (χ0) is 16.3. The van der Waals surface area contributed by atoms with Gasteiger partial charge in [0.2, 0.25) is 0 Å². The third-order valence-electron chi connectivity index (χ3n) is 3.22. The van der Waals surface area contributed by atoms with Crippen molar-refractivity contribution >= 4 is 33.0 Å². The van der Waals surface area contributed by atoms with E-state index in [1.165, 1.54) is 22.7 Å². The van der Waals surface area contributed by atoms with Crippen molar-refractivity contribution in [1.82, 2.24) is 0 Å². The Hall–Kier alpha value is -1.86. The summed E-state index contributed by atoms with van der Waals surface area (Å²) in [5.41, 5.74) is 2.23. The van der Waals surface area contributed by atoms with Crippen molar-refractivity contribution in [2.45, 2.75) is 24.0 Å². The van der Waals surface area contributed by atoms with E-state index >= 15 is 0 Å². The van der Waals surface area contributed by atoms with Crippen LogP contribution < -0.4 is 4.31 Å². The number of benzene rings is 1. The van der Waals surface area contributed by atoms with Crippen molar-refractivity contribution in [2.24, 2.45) is 0 Å². The number of aliphatic carboxylic acids is 1. The van der Waals surface area contributed by atoms with E-state index in [0.29, 0.717) is 16.3 Å². The fourth-order valence-electron chi connectivity index (χ4n) is 1.97. The third kappa shape index (κ3) is 3.66. The van der Waals surface area contributed by atoms with Gasteiger partial charge in [-0.1, -0.05) is 12.1 Å². The number of thiophene rings is 1. The molecule has 0 spiro atoms. The number of nitrogens with zero attached hydrogens (tertiary/aromatic N) is 1. The van der Waals surface area contributed by atoms with Crippen molar-refractivity contribution in [2.75, 3.05) is 11.4 Å². The van der Waals surface area contributed by atoms with Crippen LogP contribution in [0.5, 0.6) is 0 Å². The Balaban J connectivity index is 2.27. The minimum absolute atomic E-state index is 0.0179. The van der Waals surface area contributed by atoms with Crippen LogP contribution in [0.4, 0.5) is 5.69 Å². The molecule has 0 unspecified atom stereocenters. The smallest absolute Gasteiger partial charge is 0.303 e. The van der Waals surface area contributed by atoms with Crippen LogP contribution in [-0.4, -0.2) is 26.5 Å². The van der Waals surface area contributed by atoms with Gasteiger partial charge >= 0.3 is 5.97 Å². The topological polar surface area (TPSA) is 74.7 Å². The highest BCUT2D eigenvalue weighted by Crippen LogP contribution is 2.27. The second-order valence-electron chi connectivity index (χ2n) is 4.98. The van der Waals surface area contributed by atoms with E-state index in [4.69, 9.17) is 5.11 Å². The van der Waals surface area contributed by atoms with Gasteiger partial charge in [-0.25, -0.2) is 8.42 Å². The molecule has 0 bridgehead atoms. The highest BCUT2D eigenvalue weighted by Gasteiger charge is 2.23. The predicted octanol–water partition coefficient (Wildman–Crippen LogP) is 2.90. The van der Waals surface area contributed by atoms with E-state index in [9.17, 15) is 13.2 Å². The quantitative estimate of drug-likeness (QED) is 0.878. The first-order valence-corrected chi connectivity index (χ1v) is 8.97. The van der Waals surface area contributed by atoms with Crippen LogP contribution >= 0.6 is 11.3 Å². The molecule has 0 atom stereocenters. The molecule has 118 valence electrons. The lowest BCUT2D eigenvalue weighted by atomic mass is 10.1. The average Bonchev–Trinajstić information content (AvgIpc) is 2.92. The number of anilines is 1. The average molecular weight is 339 g/mol. The molecule has 22 heavy (non-hydrogen) atoms. The molecule has 7 heteroatoms. The number of hydrogen-bond donors (Lipinski definition) is 1. The maximum absolute atomic E-state index is 12.6. The molecule has 0 radical (unpaired) electrons. The molecule has 0 aliphatic heterocycles. The summed E-state index contributed by atoms with van der Waals surface area (Å²) in [4.78, 5) is 10.6. The monoisotopic (exact) mass is 339 g/mol. The Labute approximate surface area is 133 Å². The molecule has 1 heterocycles. The number of hydrogen-bond acceptors (Lipinski definition) is 4. The van der Waals surface area contributed by atoms with Gasteiger partial charge in [-0.15, -0.1) is 11.3 Å². The van der Waals surface area contributed by atoms with Gasteiger partial charge in [0.1, 0.15) is 4.21 Å². The third-order valence-corrected chi connectivity index (χ3v) is 6.54. The highest BCUT2D eigenvalue weighted by atomic mass is 32.2. The van der Waals surface area contributed by atoms with Crippen LogP contribution in [-0.2, 0) is 21.2 Å². The lowest BCUT2D eigenvalue weighted by Gasteiger charge is -2.19. The van der Waals surface area contributed by atoms with E-state index in [0.717, 1.165) is 11.1 Å². The number of carbonyl (C=O) groups is 1. The molecule has 1 aromatic carbocycles. The zero-order valence-corrected chi connectivity index (χ0v) is 13.9. The van der Waals surface area contributed by atoms with Gasteiger partial charge in [0, 0.05) is 13.5 Å². The van der Waals surface area contributed by atoms with E-state index in [1.54, 1.807) is 35.7 Å². The zero-order valence-electron chi connectivity index (χ0n) is 12.3. The molecule has 0 fully saturated rings. The number of rotatable bonds is 6. The van der Waals surface area contributed by atoms with Crippen LogP contribution in [0.25, 0.3) is 0 Å². The molecule has 2 rings (SSSR count). The summed E-state index contributed by atoms with van der Waals surface area (Å²) >= 11 is 1.19. The van der Waals surface area contributed by atoms with Crippen LogP contribution in [0.2, 0.25) is 0 Å². The lowest BCUT2D eigenvalue weighted by Crippen LogP contribution is -2.25. The normalized spacial score (nSPS) is 11.4. The predicted molar refractivity (Wildman–Crippen MR) is 87.0 cm³/mol. The lowest BCUT2D eigenvalue weighted by molar-refractivity contribution is -0.136. The van der Waals surface area contributed by atoms with E-state index < -0.39 is 16.0 Å². The summed E-state index contributed by atoms with van der Waals surface area (Å²) in [5, 5.41) is 10.5. The molecule has 0 saturated carbocycles. The van der Waals surface area contributed by atoms with Gasteiger partial charge in [-0.3, -0.25) is 9.10 Å². The molecular weight excluding hydrogens is 322 g/mol. The van der Waals surface area contributed by atoms with Gasteiger partial charge < -0.3 is 5.11 Å². The van der Waals surface area contributed by atoms with Gasteiger partial charge in [0.05, 0.1) is 5.69 Å². The summed E-state index contributed by atoms with van der Waals surface area (Å²) in [6.45, 7) is 1.85. The van der Waals surface area contributed by atoms with Crippen molar-refractivity contribution in [1.29, 1.82) is 0 Å². The molecule has 0 amide bonds. The van der Waals surface area contributed by atoms with Crippen LogP contribution in [0.3, 0.4) is 0 Å². The van der Waals surface area contributed by atoms with Crippen LogP contribution in [0.15, 0.2) is 39.9 Å². The molecule has 1 aromatic heterocycles. The first-order valence-electron chi connectivity index (χ1n) is 6.65. The second kappa shape index (κ2) is 6.50. The SMILES string of the molecule is Cc1csc(S(=O)(=O)N(C)c2cccc(CCC(=O)O)c2)c1. The van der Waals surface area contributed by atoms with Gasteiger partial charge in [0.25, 0.3) is 10.0 Å². The number of aryl methyl sites for hydroxylation is 2. The van der Waals surface area contributed by atoms with Gasteiger partial charge in [-0.05, 0) is 48.1 Å².